The number of hydrogen-bond donors (Lipinski definition) is 1. The molecule has 3 nitrogen and oxygen atoms in total. The van der Waals surface area contributed by atoms with Gasteiger partial charge >= 0.3 is 0 Å². The van der Waals surface area contributed by atoms with Gasteiger partial charge in [0.2, 0.25) is 0 Å². The molecule has 0 aliphatic heterocycles. The maximum absolute atomic E-state index is 9.55. The molecular formula is C11H18N2O. The Balaban J connectivity index is 1.94. The molecule has 1 aromatic rings. The van der Waals surface area contributed by atoms with Gasteiger partial charge in [-0.3, -0.25) is 0 Å². The van der Waals surface area contributed by atoms with Gasteiger partial charge in [-0.15, -0.1) is 0 Å². The van der Waals surface area contributed by atoms with Crippen molar-refractivity contribution in [2.75, 3.05) is 0 Å². The predicted molar refractivity (Wildman–Crippen MR) is 54.9 cm³/mol. The summed E-state index contributed by atoms with van der Waals surface area (Å²) in [5.74, 6) is 1.71. The molecule has 14 heavy (non-hydrogen) atoms. The van der Waals surface area contributed by atoms with Crippen LogP contribution < -0.4 is 0 Å². The highest BCUT2D eigenvalue weighted by Crippen LogP contribution is 2.25. The molecular weight excluding hydrogens is 176 g/mol. The molecule has 0 radical (unpaired) electrons. The molecule has 1 aliphatic rings. The summed E-state index contributed by atoms with van der Waals surface area (Å²) in [6.45, 7) is 3.04. The highest BCUT2D eigenvalue weighted by Gasteiger charge is 2.20. The Morgan fingerprint density at radius 3 is 3.07 bits per heavy atom. The Labute approximate surface area is 84.8 Å². The van der Waals surface area contributed by atoms with Gasteiger partial charge in [-0.25, -0.2) is 4.98 Å². The molecule has 0 aromatic carbocycles. The fourth-order valence-corrected chi connectivity index (χ4v) is 2.30. The fourth-order valence-electron chi connectivity index (χ4n) is 2.30. The Morgan fingerprint density at radius 1 is 1.57 bits per heavy atom. The largest absolute Gasteiger partial charge is 0.393 e. The number of imidazole rings is 1. The zero-order valence-corrected chi connectivity index (χ0v) is 8.69. The Hall–Kier alpha value is -0.830. The van der Waals surface area contributed by atoms with Crippen LogP contribution in [0.4, 0.5) is 0 Å². The lowest BCUT2D eigenvalue weighted by atomic mass is 9.87. The quantitative estimate of drug-likeness (QED) is 0.778. The van der Waals surface area contributed by atoms with Crippen LogP contribution in [0.15, 0.2) is 12.4 Å². The summed E-state index contributed by atoms with van der Waals surface area (Å²) >= 11 is 0. The lowest BCUT2D eigenvalue weighted by Crippen LogP contribution is -2.23. The number of nitrogens with zero attached hydrogens (tertiary/aromatic N) is 2. The highest BCUT2D eigenvalue weighted by atomic mass is 16.3. The third-order valence-corrected chi connectivity index (χ3v) is 3.13. The van der Waals surface area contributed by atoms with Gasteiger partial charge in [-0.2, -0.15) is 0 Å². The van der Waals surface area contributed by atoms with Crippen molar-refractivity contribution < 1.29 is 5.11 Å². The molecule has 3 heteroatoms. The van der Waals surface area contributed by atoms with E-state index in [1.807, 2.05) is 19.3 Å². The summed E-state index contributed by atoms with van der Waals surface area (Å²) in [4.78, 5) is 4.20. The van der Waals surface area contributed by atoms with E-state index in [0.717, 1.165) is 25.2 Å². The minimum atomic E-state index is -0.0717. The van der Waals surface area contributed by atoms with E-state index in [0.29, 0.717) is 5.92 Å². The van der Waals surface area contributed by atoms with Crippen LogP contribution in [0.1, 0.15) is 31.5 Å². The van der Waals surface area contributed by atoms with Crippen molar-refractivity contribution in [1.29, 1.82) is 0 Å². The second kappa shape index (κ2) is 4.13. The van der Waals surface area contributed by atoms with E-state index in [1.165, 1.54) is 12.8 Å². The molecule has 78 valence electrons. The summed E-state index contributed by atoms with van der Waals surface area (Å²) in [6, 6.07) is 0. The van der Waals surface area contributed by atoms with Crippen molar-refractivity contribution in [2.24, 2.45) is 5.92 Å². The van der Waals surface area contributed by atoms with E-state index in [1.54, 1.807) is 0 Å². The van der Waals surface area contributed by atoms with E-state index in [4.69, 9.17) is 0 Å². The number of hydrogen-bond acceptors (Lipinski definition) is 2. The van der Waals surface area contributed by atoms with E-state index in [9.17, 15) is 5.11 Å². The second-order valence-corrected chi connectivity index (χ2v) is 4.31. The first kappa shape index (κ1) is 9.71. The number of aryl methyl sites for hydroxylation is 1. The van der Waals surface area contributed by atoms with Gasteiger partial charge in [0.25, 0.3) is 0 Å². The van der Waals surface area contributed by atoms with Crippen molar-refractivity contribution in [1.82, 2.24) is 9.55 Å². The maximum atomic E-state index is 9.55. The van der Waals surface area contributed by atoms with Crippen molar-refractivity contribution in [3.8, 4) is 0 Å². The van der Waals surface area contributed by atoms with E-state index in [2.05, 4.69) is 9.55 Å². The molecule has 2 rings (SSSR count). The van der Waals surface area contributed by atoms with Gasteiger partial charge in [0.15, 0.2) is 0 Å². The van der Waals surface area contributed by atoms with Crippen molar-refractivity contribution in [2.45, 2.75) is 45.3 Å². The van der Waals surface area contributed by atoms with Crippen LogP contribution >= 0.6 is 0 Å². The molecule has 1 fully saturated rings. The first-order valence-corrected chi connectivity index (χ1v) is 5.41. The molecule has 1 saturated carbocycles. The molecule has 1 aliphatic carbocycles. The van der Waals surface area contributed by atoms with Crippen LogP contribution in [0.25, 0.3) is 0 Å². The molecule has 0 amide bonds. The first-order chi connectivity index (χ1) is 6.75. The Morgan fingerprint density at radius 2 is 2.43 bits per heavy atom. The standard InChI is InChI=1S/C11H18N2O/c1-9-12-5-6-13(9)8-10-3-2-4-11(14)7-10/h5-6,10-11,14H,2-4,7-8H2,1H3. The summed E-state index contributed by atoms with van der Waals surface area (Å²) in [6.07, 6.45) is 8.15. The van der Waals surface area contributed by atoms with Gasteiger partial charge in [0.1, 0.15) is 5.82 Å². The zero-order valence-electron chi connectivity index (χ0n) is 8.69. The van der Waals surface area contributed by atoms with Crippen molar-refractivity contribution in [3.05, 3.63) is 18.2 Å². The Kier molecular flexibility index (Phi) is 2.87. The normalized spacial score (nSPS) is 27.9. The average Bonchev–Trinajstić information content (AvgIpc) is 2.52. The molecule has 1 heterocycles. The molecule has 1 aromatic heterocycles. The van der Waals surface area contributed by atoms with Crippen LogP contribution in [-0.2, 0) is 6.54 Å². The van der Waals surface area contributed by atoms with Crippen LogP contribution in [0.3, 0.4) is 0 Å². The summed E-state index contributed by atoms with van der Waals surface area (Å²) in [5, 5.41) is 9.55. The maximum Gasteiger partial charge on any atom is 0.105 e. The molecule has 2 unspecified atom stereocenters. The minimum absolute atomic E-state index is 0.0717. The van der Waals surface area contributed by atoms with Crippen LogP contribution in [0.5, 0.6) is 0 Å². The molecule has 0 spiro atoms. The molecule has 2 atom stereocenters. The van der Waals surface area contributed by atoms with Gasteiger partial charge in [-0.1, -0.05) is 6.42 Å². The van der Waals surface area contributed by atoms with Crippen LogP contribution in [0.2, 0.25) is 0 Å². The number of rotatable bonds is 2. The smallest absolute Gasteiger partial charge is 0.105 e. The molecule has 0 bridgehead atoms. The topological polar surface area (TPSA) is 38.0 Å². The molecule has 0 saturated heterocycles. The van der Waals surface area contributed by atoms with Crippen LogP contribution in [0, 0.1) is 12.8 Å². The summed E-state index contributed by atoms with van der Waals surface area (Å²) in [5.41, 5.74) is 0. The lowest BCUT2D eigenvalue weighted by Gasteiger charge is -2.26. The highest BCUT2D eigenvalue weighted by molar-refractivity contribution is 4.89. The summed E-state index contributed by atoms with van der Waals surface area (Å²) < 4.78 is 2.18. The van der Waals surface area contributed by atoms with Crippen LogP contribution in [-0.4, -0.2) is 20.8 Å². The average molecular weight is 194 g/mol. The second-order valence-electron chi connectivity index (χ2n) is 4.31. The zero-order chi connectivity index (χ0) is 9.97. The third-order valence-electron chi connectivity index (χ3n) is 3.13. The lowest BCUT2D eigenvalue weighted by molar-refractivity contribution is 0.0952. The SMILES string of the molecule is Cc1nccn1CC1CCCC(O)C1. The monoisotopic (exact) mass is 194 g/mol. The van der Waals surface area contributed by atoms with Gasteiger partial charge in [-0.05, 0) is 32.1 Å². The number of aliphatic hydroxyl groups is 1. The number of aliphatic hydroxyl groups excluding tert-OH is 1. The van der Waals surface area contributed by atoms with E-state index >= 15 is 0 Å². The van der Waals surface area contributed by atoms with E-state index in [-0.39, 0.29) is 6.10 Å². The fraction of sp³-hybridized carbons (Fsp3) is 0.727. The number of aromatic nitrogens is 2. The summed E-state index contributed by atoms with van der Waals surface area (Å²) in [7, 11) is 0. The van der Waals surface area contributed by atoms with Gasteiger partial charge in [0.05, 0.1) is 6.10 Å². The Bertz CT molecular complexity index is 295. The van der Waals surface area contributed by atoms with Gasteiger partial charge < -0.3 is 9.67 Å². The van der Waals surface area contributed by atoms with Gasteiger partial charge in [0, 0.05) is 18.9 Å². The third kappa shape index (κ3) is 2.15. The van der Waals surface area contributed by atoms with Crippen molar-refractivity contribution >= 4 is 0 Å². The predicted octanol–water partition coefficient (Wildman–Crippen LogP) is 1.74. The van der Waals surface area contributed by atoms with E-state index < -0.39 is 0 Å². The first-order valence-electron chi connectivity index (χ1n) is 5.41. The minimum Gasteiger partial charge on any atom is -0.393 e. The van der Waals surface area contributed by atoms with Crippen molar-refractivity contribution in [3.63, 3.8) is 0 Å². The molecule has 1 N–H and O–H groups in total.